The van der Waals surface area contributed by atoms with Gasteiger partial charge in [0.1, 0.15) is 17.3 Å². The minimum absolute atomic E-state index is 0.390. The Morgan fingerprint density at radius 1 is 1.18 bits per heavy atom. The van der Waals surface area contributed by atoms with Crippen LogP contribution >= 0.6 is 0 Å². The van der Waals surface area contributed by atoms with Gasteiger partial charge >= 0.3 is 5.97 Å². The molecule has 0 saturated carbocycles. The molecule has 3 aromatic rings. The minimum atomic E-state index is -2.57. The highest BCUT2D eigenvalue weighted by atomic mass is 32.2. The number of hydrogen-bond donors (Lipinski definition) is 1. The number of nitrogens with zero attached hydrogens (tertiary/aromatic N) is 1. The summed E-state index contributed by atoms with van der Waals surface area (Å²) in [6, 6.07) is 16.0. The molecule has 3 aromatic carbocycles. The highest BCUT2D eigenvalue weighted by Crippen LogP contribution is 2.41. The molecule has 0 saturated heterocycles. The summed E-state index contributed by atoms with van der Waals surface area (Å²) in [5.41, 5.74) is 3.40. The van der Waals surface area contributed by atoms with Crippen LogP contribution in [0.1, 0.15) is 30.0 Å². The fourth-order valence-corrected chi connectivity index (χ4v) is 5.05. The van der Waals surface area contributed by atoms with E-state index < -0.39 is 35.7 Å². The predicted octanol–water partition coefficient (Wildman–Crippen LogP) is 4.64. The van der Waals surface area contributed by atoms with Gasteiger partial charge in [-0.05, 0) is 71.8 Å². The summed E-state index contributed by atoms with van der Waals surface area (Å²) in [7, 11) is 1.46. The zero-order valence-corrected chi connectivity index (χ0v) is 19.2. The van der Waals surface area contributed by atoms with Gasteiger partial charge in [-0.2, -0.15) is 0 Å². The van der Waals surface area contributed by atoms with Crippen molar-refractivity contribution in [1.82, 2.24) is 0 Å². The summed E-state index contributed by atoms with van der Waals surface area (Å²) >= 11 is -2.57. The third-order valence-electron chi connectivity index (χ3n) is 5.79. The molecule has 4 rings (SSSR count). The largest absolute Gasteiger partial charge is 0.755 e. The van der Waals surface area contributed by atoms with E-state index in [1.54, 1.807) is 42.5 Å². The van der Waals surface area contributed by atoms with Crippen molar-refractivity contribution in [2.45, 2.75) is 25.3 Å². The molecule has 0 spiro atoms. The molecule has 7 nitrogen and oxygen atoms in total. The quantitative estimate of drug-likeness (QED) is 0.468. The lowest BCUT2D eigenvalue weighted by Gasteiger charge is -2.38. The van der Waals surface area contributed by atoms with Gasteiger partial charge in [0, 0.05) is 23.0 Å². The minimum Gasteiger partial charge on any atom is -0.755 e. The Morgan fingerprint density at radius 3 is 2.62 bits per heavy atom. The summed E-state index contributed by atoms with van der Waals surface area (Å²) in [5, 5.41) is 8.95. The molecule has 0 fully saturated rings. The Labute approximate surface area is 199 Å². The van der Waals surface area contributed by atoms with Crippen LogP contribution in [0.15, 0.2) is 60.7 Å². The number of hydrogen-bond acceptors (Lipinski definition) is 5. The van der Waals surface area contributed by atoms with Gasteiger partial charge in [0.2, 0.25) is 0 Å². The summed E-state index contributed by atoms with van der Waals surface area (Å²) in [6.45, 7) is -0.468. The number of carboxylic acid groups (broad SMARTS) is 1. The maximum absolute atomic E-state index is 13.9. The maximum Gasteiger partial charge on any atom is 0.341 e. The van der Waals surface area contributed by atoms with Crippen LogP contribution in [0.2, 0.25) is 0 Å². The summed E-state index contributed by atoms with van der Waals surface area (Å²) in [6.07, 6.45) is 1.99. The monoisotopic (exact) mass is 484 g/mol. The summed E-state index contributed by atoms with van der Waals surface area (Å²) in [5.74, 6) is -0.665. The SMILES string of the molecule is COc1cc(F)cc(-c2ccc(N(C3CCCc4c(OCC(=O)O)cccc43)S(=O)[O-])cc2)c1. The average Bonchev–Trinajstić information content (AvgIpc) is 2.82. The molecule has 1 aliphatic carbocycles. The van der Waals surface area contributed by atoms with Crippen LogP contribution in [0.25, 0.3) is 11.1 Å². The van der Waals surface area contributed by atoms with E-state index in [2.05, 4.69) is 0 Å². The maximum atomic E-state index is 13.9. The summed E-state index contributed by atoms with van der Waals surface area (Å²) in [4.78, 5) is 10.9. The van der Waals surface area contributed by atoms with Crippen molar-refractivity contribution >= 4 is 22.9 Å². The van der Waals surface area contributed by atoms with Crippen molar-refractivity contribution in [3.05, 3.63) is 77.6 Å². The third kappa shape index (κ3) is 5.05. The number of fused-ring (bicyclic) bond motifs is 1. The highest BCUT2D eigenvalue weighted by Gasteiger charge is 2.29. The van der Waals surface area contributed by atoms with Crippen molar-refractivity contribution in [3.63, 3.8) is 0 Å². The molecular formula is C25H23FNO6S-. The second-order valence-electron chi connectivity index (χ2n) is 7.88. The Balaban J connectivity index is 1.67. The number of anilines is 1. The van der Waals surface area contributed by atoms with Crippen LogP contribution in [-0.2, 0) is 22.5 Å². The molecule has 1 N–H and O–H groups in total. The smallest absolute Gasteiger partial charge is 0.341 e. The van der Waals surface area contributed by atoms with Crippen molar-refractivity contribution in [3.8, 4) is 22.6 Å². The standard InChI is InChI=1S/C25H24FNO6S/c1-32-20-13-17(12-18(26)14-20)16-8-10-19(11-9-16)27(34(30)31)23-6-2-5-22-21(23)4-3-7-24(22)33-15-25(28)29/h3-4,7-14,23H,2,5-6,15H2,1H3,(H,28,29)(H,30,31)/p-1. The number of benzene rings is 3. The zero-order valence-electron chi connectivity index (χ0n) is 18.4. The third-order valence-corrected chi connectivity index (χ3v) is 6.58. The second-order valence-corrected chi connectivity index (χ2v) is 8.71. The zero-order chi connectivity index (χ0) is 24.2. The number of halogens is 1. The number of ether oxygens (including phenoxy) is 2. The van der Waals surface area contributed by atoms with E-state index in [9.17, 15) is 17.9 Å². The van der Waals surface area contributed by atoms with E-state index >= 15 is 0 Å². The number of carboxylic acids is 1. The van der Waals surface area contributed by atoms with E-state index in [1.165, 1.54) is 23.5 Å². The Hall–Kier alpha value is -3.43. The topological polar surface area (TPSA) is 99.1 Å². The number of aliphatic carboxylic acids is 1. The molecule has 9 heteroatoms. The lowest BCUT2D eigenvalue weighted by molar-refractivity contribution is -0.139. The van der Waals surface area contributed by atoms with Crippen molar-refractivity contribution in [1.29, 1.82) is 0 Å². The van der Waals surface area contributed by atoms with Gasteiger partial charge in [-0.1, -0.05) is 24.3 Å². The predicted molar refractivity (Wildman–Crippen MR) is 125 cm³/mol. The first-order valence-electron chi connectivity index (χ1n) is 10.7. The fourth-order valence-electron chi connectivity index (χ4n) is 4.33. The first-order valence-corrected chi connectivity index (χ1v) is 11.7. The number of carbonyl (C=O) groups is 1. The van der Waals surface area contributed by atoms with E-state index in [0.29, 0.717) is 41.2 Å². The first-order chi connectivity index (χ1) is 16.4. The number of rotatable bonds is 8. The van der Waals surface area contributed by atoms with Crippen LogP contribution < -0.4 is 13.8 Å². The van der Waals surface area contributed by atoms with E-state index in [4.69, 9.17) is 14.6 Å². The van der Waals surface area contributed by atoms with Crippen molar-refractivity contribution < 1.29 is 32.5 Å². The number of methoxy groups -OCH3 is 1. The molecule has 0 bridgehead atoms. The second kappa shape index (κ2) is 10.2. The van der Waals surface area contributed by atoms with Crippen molar-refractivity contribution in [2.75, 3.05) is 18.0 Å². The molecule has 178 valence electrons. The van der Waals surface area contributed by atoms with Gasteiger partial charge in [-0.15, -0.1) is 0 Å². The highest BCUT2D eigenvalue weighted by molar-refractivity contribution is 7.80. The lowest BCUT2D eigenvalue weighted by Crippen LogP contribution is -2.33. The van der Waals surface area contributed by atoms with Gasteiger partial charge in [-0.25, -0.2) is 9.18 Å². The average molecular weight is 485 g/mol. The molecule has 0 aliphatic heterocycles. The van der Waals surface area contributed by atoms with Crippen LogP contribution in [0.4, 0.5) is 10.1 Å². The van der Waals surface area contributed by atoms with Crippen molar-refractivity contribution in [2.24, 2.45) is 0 Å². The van der Waals surface area contributed by atoms with Gasteiger partial charge in [0.05, 0.1) is 13.2 Å². The van der Waals surface area contributed by atoms with Crippen LogP contribution in [0, 0.1) is 5.82 Å². The Morgan fingerprint density at radius 2 is 1.94 bits per heavy atom. The molecule has 0 radical (unpaired) electrons. The van der Waals surface area contributed by atoms with E-state index in [0.717, 1.165) is 17.5 Å². The van der Waals surface area contributed by atoms with E-state index in [-0.39, 0.29) is 0 Å². The molecule has 2 unspecified atom stereocenters. The fraction of sp³-hybridized carbons (Fsp3) is 0.240. The van der Waals surface area contributed by atoms with Gasteiger partial charge in [-0.3, -0.25) is 8.51 Å². The van der Waals surface area contributed by atoms with Gasteiger partial charge in [0.15, 0.2) is 6.61 Å². The molecule has 0 heterocycles. The van der Waals surface area contributed by atoms with Crippen LogP contribution in [0.3, 0.4) is 0 Å². The molecular weight excluding hydrogens is 461 g/mol. The van der Waals surface area contributed by atoms with Crippen LogP contribution in [0.5, 0.6) is 11.5 Å². The van der Waals surface area contributed by atoms with Gasteiger partial charge < -0.3 is 19.1 Å². The van der Waals surface area contributed by atoms with Crippen LogP contribution in [-0.4, -0.2) is 33.6 Å². The normalized spacial score (nSPS) is 15.8. The molecule has 1 aliphatic rings. The molecule has 0 amide bonds. The van der Waals surface area contributed by atoms with E-state index in [1.807, 2.05) is 6.07 Å². The lowest BCUT2D eigenvalue weighted by atomic mass is 9.87. The molecule has 0 aromatic heterocycles. The Bertz CT molecular complexity index is 1220. The first kappa shape index (κ1) is 23.7. The molecule has 34 heavy (non-hydrogen) atoms. The summed E-state index contributed by atoms with van der Waals surface area (Å²) < 4.78 is 50.5. The van der Waals surface area contributed by atoms with Gasteiger partial charge in [0.25, 0.3) is 0 Å². The molecule has 2 atom stereocenters. The Kier molecular flexibility index (Phi) is 7.14.